The zero-order valence-corrected chi connectivity index (χ0v) is 12.6. The lowest BCUT2D eigenvalue weighted by atomic mass is 9.87. The maximum atomic E-state index is 12.3. The summed E-state index contributed by atoms with van der Waals surface area (Å²) >= 11 is 0. The highest BCUT2D eigenvalue weighted by Crippen LogP contribution is 2.27. The number of amides is 2. The van der Waals surface area contributed by atoms with Crippen LogP contribution >= 0.6 is 0 Å². The van der Waals surface area contributed by atoms with Crippen LogP contribution in [0.3, 0.4) is 0 Å². The summed E-state index contributed by atoms with van der Waals surface area (Å²) in [5.41, 5.74) is 2.45. The van der Waals surface area contributed by atoms with Crippen molar-refractivity contribution in [1.29, 1.82) is 0 Å². The molecule has 0 saturated carbocycles. The Morgan fingerprint density at radius 3 is 2.05 bits per heavy atom. The maximum Gasteiger partial charge on any atom is 0.324 e. The number of rotatable bonds is 2. The number of hydrogen-bond donors (Lipinski definition) is 0. The van der Waals surface area contributed by atoms with E-state index in [0.29, 0.717) is 0 Å². The molecule has 104 valence electrons. The molecule has 0 radical (unpaired) electrons. The van der Waals surface area contributed by atoms with Crippen LogP contribution in [0.15, 0.2) is 24.3 Å². The van der Waals surface area contributed by atoms with Crippen LogP contribution in [0.1, 0.15) is 40.2 Å². The van der Waals surface area contributed by atoms with E-state index < -0.39 is 0 Å². The summed E-state index contributed by atoms with van der Waals surface area (Å²) in [6.07, 6.45) is 0. The fraction of sp³-hybridized carbons (Fsp3) is 0.562. The first-order valence-corrected chi connectivity index (χ1v) is 6.99. The van der Waals surface area contributed by atoms with Crippen LogP contribution in [0.2, 0.25) is 0 Å². The standard InChI is InChI=1S/C16H24N2O/c1-12(2)17-10-11-18(15(17)19)14-8-6-13(7-9-14)16(3,4)5/h6-9,12H,10-11H2,1-5H3. The molecule has 0 aromatic heterocycles. The van der Waals surface area contributed by atoms with E-state index in [2.05, 4.69) is 58.9 Å². The van der Waals surface area contributed by atoms with Gasteiger partial charge in [0.05, 0.1) is 0 Å². The van der Waals surface area contributed by atoms with Crippen LogP contribution in [0, 0.1) is 0 Å². The second kappa shape index (κ2) is 4.87. The number of carbonyl (C=O) groups is 1. The Morgan fingerprint density at radius 2 is 1.63 bits per heavy atom. The molecule has 3 nitrogen and oxygen atoms in total. The van der Waals surface area contributed by atoms with Crippen molar-refractivity contribution in [2.45, 2.75) is 46.1 Å². The van der Waals surface area contributed by atoms with E-state index in [-0.39, 0.29) is 17.5 Å². The Hall–Kier alpha value is -1.51. The molecule has 1 saturated heterocycles. The smallest absolute Gasteiger partial charge is 0.320 e. The quantitative estimate of drug-likeness (QED) is 0.796. The highest BCUT2D eigenvalue weighted by atomic mass is 16.2. The molecule has 0 unspecified atom stereocenters. The SMILES string of the molecule is CC(C)N1CCN(c2ccc(C(C)(C)C)cc2)C1=O. The van der Waals surface area contributed by atoms with Gasteiger partial charge in [-0.2, -0.15) is 0 Å². The highest BCUT2D eigenvalue weighted by Gasteiger charge is 2.31. The van der Waals surface area contributed by atoms with E-state index in [1.54, 1.807) is 0 Å². The topological polar surface area (TPSA) is 23.6 Å². The summed E-state index contributed by atoms with van der Waals surface area (Å²) in [4.78, 5) is 16.1. The number of carbonyl (C=O) groups excluding carboxylic acids is 1. The van der Waals surface area contributed by atoms with Gasteiger partial charge in [0.15, 0.2) is 0 Å². The summed E-state index contributed by atoms with van der Waals surface area (Å²) in [5.74, 6) is 0. The molecule has 0 aliphatic carbocycles. The summed E-state index contributed by atoms with van der Waals surface area (Å²) in [5, 5.41) is 0. The predicted octanol–water partition coefficient (Wildman–Crippen LogP) is 3.63. The van der Waals surface area contributed by atoms with Crippen molar-refractivity contribution in [2.24, 2.45) is 0 Å². The summed E-state index contributed by atoms with van der Waals surface area (Å²) in [6, 6.07) is 8.76. The lowest BCUT2D eigenvalue weighted by molar-refractivity contribution is 0.209. The molecule has 0 bridgehead atoms. The first-order valence-electron chi connectivity index (χ1n) is 6.99. The molecule has 1 fully saturated rings. The molecular formula is C16H24N2O. The van der Waals surface area contributed by atoms with Gasteiger partial charge in [0.2, 0.25) is 0 Å². The first kappa shape index (κ1) is 13.9. The van der Waals surface area contributed by atoms with Gasteiger partial charge in [-0.05, 0) is 37.0 Å². The number of hydrogen-bond acceptors (Lipinski definition) is 1. The first-order chi connectivity index (χ1) is 8.80. The second-order valence-corrected chi connectivity index (χ2v) is 6.52. The lowest BCUT2D eigenvalue weighted by Crippen LogP contribution is -2.36. The monoisotopic (exact) mass is 260 g/mol. The van der Waals surface area contributed by atoms with Gasteiger partial charge in [0, 0.05) is 24.8 Å². The summed E-state index contributed by atoms with van der Waals surface area (Å²) in [6.45, 7) is 12.3. The Morgan fingerprint density at radius 1 is 1.05 bits per heavy atom. The number of nitrogens with zero attached hydrogens (tertiary/aromatic N) is 2. The Bertz CT molecular complexity index is 457. The zero-order chi connectivity index (χ0) is 14.2. The fourth-order valence-electron chi connectivity index (χ4n) is 2.41. The van der Waals surface area contributed by atoms with Crippen molar-refractivity contribution >= 4 is 11.7 Å². The predicted molar refractivity (Wildman–Crippen MR) is 79.7 cm³/mol. The maximum absolute atomic E-state index is 12.3. The highest BCUT2D eigenvalue weighted by molar-refractivity contribution is 5.94. The molecule has 1 aromatic carbocycles. The molecule has 19 heavy (non-hydrogen) atoms. The molecule has 2 amide bonds. The molecule has 0 atom stereocenters. The Labute approximate surface area is 116 Å². The van der Waals surface area contributed by atoms with Gasteiger partial charge in [0.1, 0.15) is 0 Å². The van der Waals surface area contributed by atoms with Gasteiger partial charge < -0.3 is 4.90 Å². The molecule has 1 aliphatic heterocycles. The third-order valence-electron chi connectivity index (χ3n) is 3.71. The Kier molecular flexibility index (Phi) is 3.57. The van der Waals surface area contributed by atoms with Crippen LogP contribution in [-0.2, 0) is 5.41 Å². The molecule has 0 spiro atoms. The molecular weight excluding hydrogens is 236 g/mol. The number of urea groups is 1. The van der Waals surface area contributed by atoms with E-state index in [4.69, 9.17) is 0 Å². The minimum absolute atomic E-state index is 0.124. The van der Waals surface area contributed by atoms with Crippen molar-refractivity contribution < 1.29 is 4.79 Å². The van der Waals surface area contributed by atoms with Crippen LogP contribution < -0.4 is 4.90 Å². The summed E-state index contributed by atoms with van der Waals surface area (Å²) < 4.78 is 0. The van der Waals surface area contributed by atoms with Crippen LogP contribution in [0.25, 0.3) is 0 Å². The van der Waals surface area contributed by atoms with E-state index in [0.717, 1.165) is 18.8 Å². The van der Waals surface area contributed by atoms with E-state index in [1.165, 1.54) is 5.56 Å². The molecule has 2 rings (SSSR count). The Balaban J connectivity index is 2.18. The third-order valence-corrected chi connectivity index (χ3v) is 3.71. The molecule has 1 aliphatic rings. The zero-order valence-electron chi connectivity index (χ0n) is 12.6. The fourth-order valence-corrected chi connectivity index (χ4v) is 2.41. The average molecular weight is 260 g/mol. The largest absolute Gasteiger partial charge is 0.324 e. The number of anilines is 1. The van der Waals surface area contributed by atoms with Crippen LogP contribution in [-0.4, -0.2) is 30.1 Å². The lowest BCUT2D eigenvalue weighted by Gasteiger charge is -2.23. The normalized spacial score (nSPS) is 16.6. The molecule has 0 N–H and O–H groups in total. The van der Waals surface area contributed by atoms with Crippen LogP contribution in [0.5, 0.6) is 0 Å². The van der Waals surface area contributed by atoms with Crippen molar-refractivity contribution in [3.8, 4) is 0 Å². The number of benzene rings is 1. The van der Waals surface area contributed by atoms with Crippen molar-refractivity contribution in [2.75, 3.05) is 18.0 Å². The summed E-state index contributed by atoms with van der Waals surface area (Å²) in [7, 11) is 0. The van der Waals surface area contributed by atoms with Crippen molar-refractivity contribution in [3.05, 3.63) is 29.8 Å². The minimum Gasteiger partial charge on any atom is -0.320 e. The van der Waals surface area contributed by atoms with Crippen molar-refractivity contribution in [3.63, 3.8) is 0 Å². The van der Waals surface area contributed by atoms with Gasteiger partial charge in [-0.15, -0.1) is 0 Å². The van der Waals surface area contributed by atoms with Gasteiger partial charge in [0.25, 0.3) is 0 Å². The minimum atomic E-state index is 0.124. The van der Waals surface area contributed by atoms with E-state index in [1.807, 2.05) is 9.80 Å². The van der Waals surface area contributed by atoms with Crippen molar-refractivity contribution in [1.82, 2.24) is 4.90 Å². The van der Waals surface area contributed by atoms with Gasteiger partial charge in [-0.3, -0.25) is 4.90 Å². The third kappa shape index (κ3) is 2.75. The van der Waals surface area contributed by atoms with E-state index >= 15 is 0 Å². The van der Waals surface area contributed by atoms with E-state index in [9.17, 15) is 4.79 Å². The average Bonchev–Trinajstić information content (AvgIpc) is 2.70. The van der Waals surface area contributed by atoms with Gasteiger partial charge in [-0.1, -0.05) is 32.9 Å². The molecule has 3 heteroatoms. The molecule has 1 heterocycles. The van der Waals surface area contributed by atoms with Crippen LogP contribution in [0.4, 0.5) is 10.5 Å². The van der Waals surface area contributed by atoms with Gasteiger partial charge in [-0.25, -0.2) is 4.79 Å². The van der Waals surface area contributed by atoms with Gasteiger partial charge >= 0.3 is 6.03 Å². The second-order valence-electron chi connectivity index (χ2n) is 6.52. The molecule has 1 aromatic rings.